The summed E-state index contributed by atoms with van der Waals surface area (Å²) in [5.41, 5.74) is 1.32. The number of rotatable bonds is 13. The lowest BCUT2D eigenvalue weighted by atomic mass is 9.88. The van der Waals surface area contributed by atoms with Crippen molar-refractivity contribution >= 4 is 27.3 Å². The Kier molecular flexibility index (Phi) is 10.1. The van der Waals surface area contributed by atoms with E-state index in [2.05, 4.69) is 17.4 Å². The van der Waals surface area contributed by atoms with E-state index in [9.17, 15) is 31.5 Å². The number of hydrogen-bond donors (Lipinski definition) is 3. The topological polar surface area (TPSA) is 107 Å². The number of sulfonamides is 1. The van der Waals surface area contributed by atoms with E-state index < -0.39 is 38.7 Å². The van der Waals surface area contributed by atoms with Crippen LogP contribution in [-0.4, -0.2) is 60.7 Å². The normalized spacial score (nSPS) is 15.2. The fourth-order valence-corrected chi connectivity index (χ4v) is 7.85. The highest BCUT2D eigenvalue weighted by molar-refractivity contribution is 7.89. The number of nitrogens with zero attached hydrogens (tertiary/aromatic N) is 1. The van der Waals surface area contributed by atoms with Crippen LogP contribution in [-0.2, 0) is 40.3 Å². The maximum absolute atomic E-state index is 13.8. The monoisotopic (exact) mass is 638 g/mol. The van der Waals surface area contributed by atoms with Gasteiger partial charge in [0.15, 0.2) is 0 Å². The molecule has 7 nitrogen and oxygen atoms in total. The van der Waals surface area contributed by atoms with Gasteiger partial charge in [-0.1, -0.05) is 24.3 Å². The Morgan fingerprint density at radius 3 is 2.35 bits per heavy atom. The lowest BCUT2D eigenvalue weighted by Crippen LogP contribution is -2.47. The fourth-order valence-electron chi connectivity index (χ4n) is 5.57. The van der Waals surface area contributed by atoms with Crippen molar-refractivity contribution in [2.75, 3.05) is 20.1 Å². The van der Waals surface area contributed by atoms with Crippen molar-refractivity contribution in [3.8, 4) is 10.4 Å². The van der Waals surface area contributed by atoms with E-state index in [-0.39, 0.29) is 37.0 Å². The third-order valence-corrected chi connectivity index (χ3v) is 10.7. The second-order valence-electron chi connectivity index (χ2n) is 11.9. The molecule has 0 amide bonds. The molecule has 0 saturated heterocycles. The first-order valence-electron chi connectivity index (χ1n) is 14.0. The molecule has 1 aliphatic rings. The summed E-state index contributed by atoms with van der Waals surface area (Å²) in [6.07, 6.45) is -2.98. The molecule has 1 aromatic heterocycles. The summed E-state index contributed by atoms with van der Waals surface area (Å²) >= 11 is 1.11. The van der Waals surface area contributed by atoms with Crippen LogP contribution in [0.1, 0.15) is 48.3 Å². The van der Waals surface area contributed by atoms with Gasteiger partial charge in [0, 0.05) is 35.4 Å². The van der Waals surface area contributed by atoms with Gasteiger partial charge in [-0.05, 0) is 92.5 Å². The summed E-state index contributed by atoms with van der Waals surface area (Å²) < 4.78 is 69.1. The van der Waals surface area contributed by atoms with Crippen LogP contribution in [0.15, 0.2) is 59.5 Å². The lowest BCUT2D eigenvalue weighted by Gasteiger charge is -2.31. The van der Waals surface area contributed by atoms with Gasteiger partial charge in [0.05, 0.1) is 23.0 Å². The maximum Gasteiger partial charge on any atom is 0.416 e. The molecule has 3 N–H and O–H groups in total. The van der Waals surface area contributed by atoms with E-state index in [0.717, 1.165) is 41.0 Å². The number of carbonyl (C=O) groups is 1. The third kappa shape index (κ3) is 8.66. The number of aliphatic hydroxyl groups excluding tert-OH is 1. The maximum atomic E-state index is 13.8. The predicted octanol–water partition coefficient (Wildman–Crippen LogP) is 5.61. The number of benzene rings is 2. The highest BCUT2D eigenvalue weighted by Crippen LogP contribution is 2.37. The summed E-state index contributed by atoms with van der Waals surface area (Å²) in [4.78, 5) is 11.4. The van der Waals surface area contributed by atoms with Crippen molar-refractivity contribution in [3.63, 3.8) is 0 Å². The largest absolute Gasteiger partial charge is 0.481 e. The Morgan fingerprint density at radius 2 is 1.74 bits per heavy atom. The Balaban J connectivity index is 1.43. The molecule has 1 heterocycles. The summed E-state index contributed by atoms with van der Waals surface area (Å²) in [6, 6.07) is 14.2. The van der Waals surface area contributed by atoms with Gasteiger partial charge in [0.2, 0.25) is 10.0 Å². The van der Waals surface area contributed by atoms with Crippen LogP contribution in [0.3, 0.4) is 0 Å². The number of aryl methyl sites for hydroxylation is 1. The van der Waals surface area contributed by atoms with E-state index in [1.165, 1.54) is 24.2 Å². The van der Waals surface area contributed by atoms with Crippen molar-refractivity contribution in [3.05, 3.63) is 76.2 Å². The molecule has 2 aromatic carbocycles. The summed E-state index contributed by atoms with van der Waals surface area (Å²) in [5, 5.41) is 23.0. The van der Waals surface area contributed by atoms with E-state index in [1.54, 1.807) is 12.1 Å². The molecule has 0 aliphatic heterocycles. The zero-order valence-electron chi connectivity index (χ0n) is 24.3. The van der Waals surface area contributed by atoms with Crippen LogP contribution in [0, 0.1) is 5.92 Å². The van der Waals surface area contributed by atoms with Crippen molar-refractivity contribution in [1.82, 2.24) is 9.62 Å². The summed E-state index contributed by atoms with van der Waals surface area (Å²) in [6.45, 7) is 3.86. The van der Waals surface area contributed by atoms with Crippen LogP contribution in [0.5, 0.6) is 0 Å². The number of fused-ring (bicyclic) bond motifs is 1. The zero-order valence-corrected chi connectivity index (χ0v) is 26.0. The molecule has 0 radical (unpaired) electrons. The second kappa shape index (κ2) is 13.1. The molecule has 12 heteroatoms. The van der Waals surface area contributed by atoms with E-state index in [0.29, 0.717) is 21.7 Å². The van der Waals surface area contributed by atoms with Gasteiger partial charge in [0.1, 0.15) is 0 Å². The molecule has 0 spiro atoms. The average molecular weight is 639 g/mol. The van der Waals surface area contributed by atoms with Gasteiger partial charge in [0.25, 0.3) is 0 Å². The van der Waals surface area contributed by atoms with E-state index >= 15 is 0 Å². The molecule has 0 bridgehead atoms. The standard InChI is InChI=1S/C31H37F3N2O5S2/c1-30(2,17-20-12-21-6-4-5-7-22(21)13-20)35-18-25(37)19-36(3)43(40,41)27-15-23(14-24(16-27)31(32,33)34)28-10-8-26(42-28)9-11-29(38)39/h4-8,10,14-16,20,25,35,37H,9,11-13,17-19H2,1-3H3,(H,38,39). The van der Waals surface area contributed by atoms with Crippen LogP contribution in [0.2, 0.25) is 0 Å². The smallest absolute Gasteiger partial charge is 0.416 e. The van der Waals surface area contributed by atoms with Crippen LogP contribution in [0.4, 0.5) is 13.2 Å². The van der Waals surface area contributed by atoms with Gasteiger partial charge in [-0.25, -0.2) is 8.42 Å². The minimum absolute atomic E-state index is 0.0615. The number of alkyl halides is 3. The number of nitrogens with one attached hydrogen (secondary N) is 1. The van der Waals surface area contributed by atoms with Crippen molar-refractivity contribution in [2.24, 2.45) is 5.92 Å². The number of hydrogen-bond acceptors (Lipinski definition) is 6. The Hall–Kier alpha value is -2.77. The lowest BCUT2D eigenvalue weighted by molar-refractivity contribution is -0.138. The van der Waals surface area contributed by atoms with Gasteiger partial charge in [-0.2, -0.15) is 17.5 Å². The van der Waals surface area contributed by atoms with E-state index in [1.807, 2.05) is 26.0 Å². The molecule has 1 atom stereocenters. The molecule has 0 fully saturated rings. The van der Waals surface area contributed by atoms with Gasteiger partial charge >= 0.3 is 12.1 Å². The number of carboxylic acid groups (broad SMARTS) is 1. The molecule has 234 valence electrons. The Bertz CT molecular complexity index is 1530. The first kappa shape index (κ1) is 33.1. The number of carboxylic acids is 1. The summed E-state index contributed by atoms with van der Waals surface area (Å²) in [7, 11) is -3.16. The minimum atomic E-state index is -4.79. The summed E-state index contributed by atoms with van der Waals surface area (Å²) in [5.74, 6) is -0.544. The fraction of sp³-hybridized carbons (Fsp3) is 0.452. The van der Waals surface area contributed by atoms with Gasteiger partial charge in [-0.3, -0.25) is 4.79 Å². The molecule has 3 aromatic rings. The molecule has 43 heavy (non-hydrogen) atoms. The number of aliphatic carboxylic acids is 1. The molecule has 1 aliphatic carbocycles. The number of thiophene rings is 1. The third-order valence-electron chi connectivity index (χ3n) is 7.69. The van der Waals surface area contributed by atoms with Crippen molar-refractivity contribution < 1.29 is 36.6 Å². The minimum Gasteiger partial charge on any atom is -0.481 e. The quantitative estimate of drug-likeness (QED) is 0.225. The molecule has 0 saturated carbocycles. The van der Waals surface area contributed by atoms with Crippen molar-refractivity contribution in [1.29, 1.82) is 0 Å². The number of halogens is 3. The molecular formula is C31H37F3N2O5S2. The molecular weight excluding hydrogens is 601 g/mol. The highest BCUT2D eigenvalue weighted by atomic mass is 32.2. The Labute approximate surface area is 254 Å². The average Bonchev–Trinajstić information content (AvgIpc) is 3.56. The highest BCUT2D eigenvalue weighted by Gasteiger charge is 2.34. The second-order valence-corrected chi connectivity index (χ2v) is 15.1. The van der Waals surface area contributed by atoms with Crippen LogP contribution in [0.25, 0.3) is 10.4 Å². The van der Waals surface area contributed by atoms with Gasteiger partial charge < -0.3 is 15.5 Å². The van der Waals surface area contributed by atoms with Crippen molar-refractivity contribution in [2.45, 2.75) is 68.7 Å². The first-order chi connectivity index (χ1) is 20.0. The molecule has 4 rings (SSSR count). The predicted molar refractivity (Wildman–Crippen MR) is 161 cm³/mol. The number of β-amino-alcohol motifs (C(OH)–C–C–N with tert-alkyl or cyclic N) is 1. The first-order valence-corrected chi connectivity index (χ1v) is 16.3. The SMILES string of the molecule is CN(CC(O)CNC(C)(C)CC1Cc2ccccc2C1)S(=O)(=O)c1cc(-c2ccc(CCC(=O)O)s2)cc(C(F)(F)F)c1. The number of aliphatic hydroxyl groups is 1. The van der Waals surface area contributed by atoms with Crippen LogP contribution >= 0.6 is 11.3 Å². The van der Waals surface area contributed by atoms with E-state index in [4.69, 9.17) is 5.11 Å². The van der Waals surface area contributed by atoms with Crippen LogP contribution < -0.4 is 5.32 Å². The molecule has 1 unspecified atom stereocenters. The zero-order chi connectivity index (χ0) is 31.6. The van der Waals surface area contributed by atoms with Gasteiger partial charge in [-0.15, -0.1) is 11.3 Å². The Morgan fingerprint density at radius 1 is 1.09 bits per heavy atom. The number of likely N-dealkylation sites (N-methyl/N-ethyl adjacent to an activating group) is 1.